The number of rotatable bonds is 4. The van der Waals surface area contributed by atoms with Gasteiger partial charge in [-0.15, -0.1) is 0 Å². The van der Waals surface area contributed by atoms with Crippen molar-refractivity contribution >= 4 is 23.4 Å². The summed E-state index contributed by atoms with van der Waals surface area (Å²) in [6.45, 7) is 3.77. The standard InChI is InChI=1S/C9H10ClN5OS/c1-5(2)16-7-13-6(10)14-9(15-7)17-8-11-3-4-12-8/h3-5H,1-2H3,(H,11,12). The number of halogens is 1. The van der Waals surface area contributed by atoms with Gasteiger partial charge in [0.15, 0.2) is 5.16 Å². The number of imidazole rings is 1. The number of hydrogen-bond donors (Lipinski definition) is 1. The number of nitrogens with zero attached hydrogens (tertiary/aromatic N) is 4. The molecule has 0 bridgehead atoms. The van der Waals surface area contributed by atoms with Gasteiger partial charge < -0.3 is 9.72 Å². The van der Waals surface area contributed by atoms with Gasteiger partial charge in [0.2, 0.25) is 10.4 Å². The van der Waals surface area contributed by atoms with E-state index in [1.807, 2.05) is 13.8 Å². The molecule has 6 nitrogen and oxygen atoms in total. The molecule has 8 heteroatoms. The second kappa shape index (κ2) is 5.33. The Morgan fingerprint density at radius 2 is 2.18 bits per heavy atom. The van der Waals surface area contributed by atoms with Gasteiger partial charge in [0.1, 0.15) is 0 Å². The zero-order valence-corrected chi connectivity index (χ0v) is 10.8. The third-order valence-corrected chi connectivity index (χ3v) is 2.52. The number of hydrogen-bond acceptors (Lipinski definition) is 6. The fraction of sp³-hybridized carbons (Fsp3) is 0.333. The van der Waals surface area contributed by atoms with E-state index >= 15 is 0 Å². The van der Waals surface area contributed by atoms with Crippen LogP contribution < -0.4 is 4.74 Å². The molecule has 17 heavy (non-hydrogen) atoms. The number of aromatic amines is 1. The van der Waals surface area contributed by atoms with Crippen LogP contribution >= 0.6 is 23.4 Å². The first kappa shape index (κ1) is 12.1. The first-order chi connectivity index (χ1) is 8.13. The van der Waals surface area contributed by atoms with E-state index < -0.39 is 0 Å². The van der Waals surface area contributed by atoms with Crippen LogP contribution in [0.25, 0.3) is 0 Å². The van der Waals surface area contributed by atoms with Gasteiger partial charge >= 0.3 is 6.01 Å². The molecule has 0 amide bonds. The summed E-state index contributed by atoms with van der Waals surface area (Å²) in [6, 6.07) is 0.217. The van der Waals surface area contributed by atoms with Crippen molar-refractivity contribution in [1.29, 1.82) is 0 Å². The predicted molar refractivity (Wildman–Crippen MR) is 63.3 cm³/mol. The summed E-state index contributed by atoms with van der Waals surface area (Å²) < 4.78 is 5.36. The third kappa shape index (κ3) is 3.57. The van der Waals surface area contributed by atoms with Gasteiger partial charge in [-0.3, -0.25) is 0 Å². The number of aromatic nitrogens is 5. The zero-order valence-electron chi connectivity index (χ0n) is 9.22. The van der Waals surface area contributed by atoms with Gasteiger partial charge in [0.25, 0.3) is 0 Å². The highest BCUT2D eigenvalue weighted by molar-refractivity contribution is 7.99. The van der Waals surface area contributed by atoms with Crippen molar-refractivity contribution in [3.8, 4) is 6.01 Å². The molecule has 0 atom stereocenters. The Morgan fingerprint density at radius 3 is 2.82 bits per heavy atom. The van der Waals surface area contributed by atoms with Gasteiger partial charge in [-0.05, 0) is 37.2 Å². The Kier molecular flexibility index (Phi) is 3.80. The minimum Gasteiger partial charge on any atom is -0.461 e. The Hall–Kier alpha value is -1.34. The van der Waals surface area contributed by atoms with E-state index in [9.17, 15) is 0 Å². The maximum atomic E-state index is 5.79. The van der Waals surface area contributed by atoms with Crippen LogP contribution in [0.1, 0.15) is 13.8 Å². The lowest BCUT2D eigenvalue weighted by Gasteiger charge is -2.07. The quantitative estimate of drug-likeness (QED) is 0.918. The van der Waals surface area contributed by atoms with Gasteiger partial charge in [-0.2, -0.15) is 15.0 Å². The Bertz CT molecular complexity index is 490. The number of ether oxygens (including phenoxy) is 1. The van der Waals surface area contributed by atoms with Gasteiger partial charge in [-0.1, -0.05) is 0 Å². The summed E-state index contributed by atoms with van der Waals surface area (Å²) in [6.07, 6.45) is 3.35. The molecular weight excluding hydrogens is 262 g/mol. The summed E-state index contributed by atoms with van der Waals surface area (Å²) in [7, 11) is 0. The largest absolute Gasteiger partial charge is 0.461 e. The summed E-state index contributed by atoms with van der Waals surface area (Å²) in [5.74, 6) is 0. The maximum absolute atomic E-state index is 5.79. The zero-order chi connectivity index (χ0) is 12.3. The molecule has 0 radical (unpaired) electrons. The predicted octanol–water partition coefficient (Wildman–Crippen LogP) is 2.19. The van der Waals surface area contributed by atoms with E-state index in [0.29, 0.717) is 10.3 Å². The Balaban J connectivity index is 2.19. The average molecular weight is 272 g/mol. The minimum atomic E-state index is -0.0186. The molecule has 2 heterocycles. The number of nitrogens with one attached hydrogen (secondary N) is 1. The molecule has 2 aromatic rings. The Morgan fingerprint density at radius 1 is 1.35 bits per heavy atom. The molecule has 2 aromatic heterocycles. The molecule has 0 spiro atoms. The first-order valence-corrected chi connectivity index (χ1v) is 6.08. The minimum absolute atomic E-state index is 0.0186. The van der Waals surface area contributed by atoms with Crippen LogP contribution in [0.2, 0.25) is 5.28 Å². The molecular formula is C9H10ClN5OS. The van der Waals surface area contributed by atoms with Crippen molar-refractivity contribution in [1.82, 2.24) is 24.9 Å². The van der Waals surface area contributed by atoms with Crippen LogP contribution in [0.15, 0.2) is 22.7 Å². The summed E-state index contributed by atoms with van der Waals surface area (Å²) in [5.41, 5.74) is 0. The molecule has 0 saturated heterocycles. The highest BCUT2D eigenvalue weighted by Crippen LogP contribution is 2.23. The van der Waals surface area contributed by atoms with Crippen molar-refractivity contribution in [2.24, 2.45) is 0 Å². The van der Waals surface area contributed by atoms with Gasteiger partial charge in [-0.25, -0.2) is 4.98 Å². The lowest BCUT2D eigenvalue weighted by Crippen LogP contribution is -2.09. The topological polar surface area (TPSA) is 76.6 Å². The van der Waals surface area contributed by atoms with E-state index in [4.69, 9.17) is 16.3 Å². The fourth-order valence-electron chi connectivity index (χ4n) is 1.02. The number of H-pyrrole nitrogens is 1. The van der Waals surface area contributed by atoms with E-state index in [-0.39, 0.29) is 17.4 Å². The van der Waals surface area contributed by atoms with Crippen LogP contribution in [0, 0.1) is 0 Å². The molecule has 0 fully saturated rings. The third-order valence-electron chi connectivity index (χ3n) is 1.57. The van der Waals surface area contributed by atoms with Gasteiger partial charge in [0, 0.05) is 12.4 Å². The van der Waals surface area contributed by atoms with E-state index in [1.54, 1.807) is 12.4 Å². The molecule has 0 aliphatic heterocycles. The molecule has 0 aliphatic carbocycles. The van der Waals surface area contributed by atoms with Crippen LogP contribution in [-0.4, -0.2) is 31.0 Å². The van der Waals surface area contributed by atoms with Crippen LogP contribution in [0.5, 0.6) is 6.01 Å². The SMILES string of the molecule is CC(C)Oc1nc(Cl)nc(Sc2ncc[nH]2)n1. The fourth-order valence-corrected chi connectivity index (χ4v) is 1.89. The van der Waals surface area contributed by atoms with Crippen molar-refractivity contribution in [2.75, 3.05) is 0 Å². The highest BCUT2D eigenvalue weighted by atomic mass is 35.5. The maximum Gasteiger partial charge on any atom is 0.322 e. The van der Waals surface area contributed by atoms with E-state index in [1.165, 1.54) is 11.8 Å². The van der Waals surface area contributed by atoms with Crippen LogP contribution in [0.4, 0.5) is 0 Å². The van der Waals surface area contributed by atoms with Crippen LogP contribution in [-0.2, 0) is 0 Å². The van der Waals surface area contributed by atoms with E-state index in [0.717, 1.165) is 0 Å². The molecule has 0 unspecified atom stereocenters. The molecule has 0 aromatic carbocycles. The van der Waals surface area contributed by atoms with E-state index in [2.05, 4.69) is 24.9 Å². The molecule has 90 valence electrons. The normalized spacial score (nSPS) is 10.8. The highest BCUT2D eigenvalue weighted by Gasteiger charge is 2.09. The van der Waals surface area contributed by atoms with Crippen molar-refractivity contribution in [2.45, 2.75) is 30.3 Å². The second-order valence-corrected chi connectivity index (χ2v) is 4.63. The lowest BCUT2D eigenvalue weighted by molar-refractivity contribution is 0.219. The van der Waals surface area contributed by atoms with Gasteiger partial charge in [0.05, 0.1) is 6.10 Å². The first-order valence-electron chi connectivity index (χ1n) is 4.89. The average Bonchev–Trinajstić information content (AvgIpc) is 2.67. The van der Waals surface area contributed by atoms with Crippen molar-refractivity contribution in [3.05, 3.63) is 17.7 Å². The van der Waals surface area contributed by atoms with Crippen LogP contribution in [0.3, 0.4) is 0 Å². The summed E-state index contributed by atoms with van der Waals surface area (Å²) in [4.78, 5) is 19.0. The monoisotopic (exact) mass is 271 g/mol. The molecule has 0 saturated carbocycles. The lowest BCUT2D eigenvalue weighted by atomic mass is 10.5. The second-order valence-electron chi connectivity index (χ2n) is 3.33. The smallest absolute Gasteiger partial charge is 0.322 e. The summed E-state index contributed by atoms with van der Waals surface area (Å²) >= 11 is 7.04. The molecule has 0 aliphatic rings. The van der Waals surface area contributed by atoms with Crippen molar-refractivity contribution < 1.29 is 4.74 Å². The molecule has 2 rings (SSSR count). The van der Waals surface area contributed by atoms with Crippen molar-refractivity contribution in [3.63, 3.8) is 0 Å². The molecule has 1 N–H and O–H groups in total. The summed E-state index contributed by atoms with van der Waals surface area (Å²) in [5, 5.41) is 1.23. The Labute approximate surface area is 107 Å².